The molecule has 0 bridgehead atoms. The highest BCUT2D eigenvalue weighted by atomic mass is 16.5. The molecule has 0 aliphatic carbocycles. The number of rotatable bonds is 15. The van der Waals surface area contributed by atoms with Gasteiger partial charge in [-0.2, -0.15) is 0 Å². The van der Waals surface area contributed by atoms with Crippen molar-refractivity contribution in [1.29, 1.82) is 0 Å². The van der Waals surface area contributed by atoms with Crippen molar-refractivity contribution in [1.82, 2.24) is 10.2 Å². The zero-order valence-electron chi connectivity index (χ0n) is 29.4. The first-order chi connectivity index (χ1) is 24.4. The van der Waals surface area contributed by atoms with E-state index in [4.69, 9.17) is 28.4 Å². The number of imide groups is 1. The van der Waals surface area contributed by atoms with Crippen LogP contribution < -0.4 is 33.7 Å². The highest BCUT2D eigenvalue weighted by Gasteiger charge is 2.36. The predicted octanol–water partition coefficient (Wildman–Crippen LogP) is 6.27. The number of piperidine rings is 1. The van der Waals surface area contributed by atoms with Gasteiger partial charge in [0.15, 0.2) is 34.5 Å². The normalized spacial score (nSPS) is 13.5. The van der Waals surface area contributed by atoms with E-state index in [1.54, 1.807) is 59.8 Å². The van der Waals surface area contributed by atoms with E-state index in [0.717, 1.165) is 31.5 Å². The van der Waals surface area contributed by atoms with Crippen LogP contribution in [-0.2, 0) is 28.9 Å². The number of amides is 2. The Hall–Kier alpha value is -5.22. The summed E-state index contributed by atoms with van der Waals surface area (Å²) in [7, 11) is 7.85. The van der Waals surface area contributed by atoms with E-state index >= 15 is 0 Å². The van der Waals surface area contributed by atoms with Gasteiger partial charge in [0, 0.05) is 6.04 Å². The fourth-order valence-electron chi connectivity index (χ4n) is 6.52. The van der Waals surface area contributed by atoms with E-state index in [2.05, 4.69) is 5.32 Å². The van der Waals surface area contributed by atoms with Gasteiger partial charge in [-0.25, -0.2) is 0 Å². The SMILES string of the molecule is COc1ccc(CC(=O)N(C(=O)Cc2ccc(OC)c(OC)c2)C(Cc2cccc(Oc3ccccc3OC)c2)C2CCNCC2)cc1OC. The second kappa shape index (κ2) is 17.4. The molecule has 264 valence electrons. The molecule has 1 aliphatic heterocycles. The number of methoxy groups -OCH3 is 5. The standard InChI is InChI=1S/C40H46N2O8/c1-45-33-11-6-7-12-36(33)50-31-10-8-9-27(21-31)22-32(30-17-19-41-20-18-30)42(39(43)25-28-13-15-34(46-2)37(23-28)48-4)40(44)26-29-14-16-35(47-3)38(24-29)49-5/h6-16,21,23-24,30,32,41H,17-20,22,25-26H2,1-5H3. The molecular weight excluding hydrogens is 636 g/mol. The molecule has 1 heterocycles. The van der Waals surface area contributed by atoms with Gasteiger partial charge in [0.2, 0.25) is 11.8 Å². The summed E-state index contributed by atoms with van der Waals surface area (Å²) in [4.78, 5) is 30.5. The lowest BCUT2D eigenvalue weighted by Gasteiger charge is -2.38. The van der Waals surface area contributed by atoms with E-state index < -0.39 is 6.04 Å². The topological polar surface area (TPSA) is 105 Å². The van der Waals surface area contributed by atoms with Gasteiger partial charge in [-0.05, 0) is 103 Å². The lowest BCUT2D eigenvalue weighted by molar-refractivity contribution is -0.148. The van der Waals surface area contributed by atoms with Crippen molar-refractivity contribution in [3.05, 3.63) is 102 Å². The van der Waals surface area contributed by atoms with Crippen LogP contribution in [0.15, 0.2) is 84.9 Å². The van der Waals surface area contributed by atoms with Crippen molar-refractivity contribution in [2.24, 2.45) is 5.92 Å². The van der Waals surface area contributed by atoms with Crippen LogP contribution in [0.5, 0.6) is 40.2 Å². The Kier molecular flexibility index (Phi) is 12.6. The fourth-order valence-corrected chi connectivity index (χ4v) is 6.52. The molecule has 10 nitrogen and oxygen atoms in total. The predicted molar refractivity (Wildman–Crippen MR) is 191 cm³/mol. The lowest BCUT2D eigenvalue weighted by Crippen LogP contribution is -2.52. The smallest absolute Gasteiger partial charge is 0.233 e. The molecule has 1 N–H and O–H groups in total. The van der Waals surface area contributed by atoms with Gasteiger partial charge < -0.3 is 33.7 Å². The molecule has 1 fully saturated rings. The van der Waals surface area contributed by atoms with Crippen LogP contribution in [0.4, 0.5) is 0 Å². The molecule has 10 heteroatoms. The Morgan fingerprint density at radius 3 is 1.68 bits per heavy atom. The molecule has 1 unspecified atom stereocenters. The Morgan fingerprint density at radius 2 is 1.14 bits per heavy atom. The van der Waals surface area contributed by atoms with Crippen LogP contribution in [0.3, 0.4) is 0 Å². The number of ether oxygens (including phenoxy) is 6. The summed E-state index contributed by atoms with van der Waals surface area (Å²) in [5.41, 5.74) is 2.38. The molecule has 50 heavy (non-hydrogen) atoms. The van der Waals surface area contributed by atoms with E-state index in [1.165, 1.54) is 4.90 Å². The Bertz CT molecular complexity index is 1680. The van der Waals surface area contributed by atoms with Gasteiger partial charge in [0.05, 0.1) is 48.4 Å². The minimum Gasteiger partial charge on any atom is -0.493 e. The van der Waals surface area contributed by atoms with E-state index in [-0.39, 0.29) is 30.6 Å². The number of nitrogens with zero attached hydrogens (tertiary/aromatic N) is 1. The van der Waals surface area contributed by atoms with Crippen LogP contribution in [0.2, 0.25) is 0 Å². The second-order valence-electron chi connectivity index (χ2n) is 12.1. The number of benzene rings is 4. The van der Waals surface area contributed by atoms with Crippen molar-refractivity contribution in [3.63, 3.8) is 0 Å². The van der Waals surface area contributed by atoms with Crippen LogP contribution in [0, 0.1) is 5.92 Å². The summed E-state index contributed by atoms with van der Waals surface area (Å²) in [6.07, 6.45) is 2.13. The van der Waals surface area contributed by atoms with Gasteiger partial charge in [-0.15, -0.1) is 0 Å². The van der Waals surface area contributed by atoms with Crippen LogP contribution in [0.25, 0.3) is 0 Å². The molecule has 4 aromatic carbocycles. The average molecular weight is 683 g/mol. The van der Waals surface area contributed by atoms with Crippen molar-refractivity contribution in [2.45, 2.75) is 38.1 Å². The molecule has 0 radical (unpaired) electrons. The fraction of sp³-hybridized carbons (Fsp3) is 0.350. The lowest BCUT2D eigenvalue weighted by atomic mass is 9.84. The largest absolute Gasteiger partial charge is 0.493 e. The number of hydrogen-bond donors (Lipinski definition) is 1. The third-order valence-corrected chi connectivity index (χ3v) is 9.04. The van der Waals surface area contributed by atoms with Gasteiger partial charge in [-0.3, -0.25) is 14.5 Å². The average Bonchev–Trinajstić information content (AvgIpc) is 3.15. The van der Waals surface area contributed by atoms with Crippen molar-refractivity contribution < 1.29 is 38.0 Å². The van der Waals surface area contributed by atoms with Crippen LogP contribution >= 0.6 is 0 Å². The number of carbonyl (C=O) groups excluding carboxylic acids is 2. The first-order valence-corrected chi connectivity index (χ1v) is 16.7. The van der Waals surface area contributed by atoms with Gasteiger partial charge in [0.25, 0.3) is 0 Å². The zero-order chi connectivity index (χ0) is 35.5. The highest BCUT2D eigenvalue weighted by Crippen LogP contribution is 2.34. The minimum atomic E-state index is -0.404. The van der Waals surface area contributed by atoms with Crippen LogP contribution in [-0.4, -0.2) is 71.4 Å². The first-order valence-electron chi connectivity index (χ1n) is 16.7. The number of para-hydroxylation sites is 2. The van der Waals surface area contributed by atoms with Crippen molar-refractivity contribution >= 4 is 11.8 Å². The first kappa shape index (κ1) is 36.1. The number of hydrogen-bond acceptors (Lipinski definition) is 9. The summed E-state index contributed by atoms with van der Waals surface area (Å²) in [5, 5.41) is 3.43. The Balaban J connectivity index is 1.51. The molecule has 2 amide bonds. The van der Waals surface area contributed by atoms with Crippen LogP contribution in [0.1, 0.15) is 29.5 Å². The number of carbonyl (C=O) groups is 2. The molecule has 1 saturated heterocycles. The van der Waals surface area contributed by atoms with Gasteiger partial charge in [0.1, 0.15) is 5.75 Å². The Labute approximate surface area is 294 Å². The zero-order valence-corrected chi connectivity index (χ0v) is 29.4. The molecule has 4 aromatic rings. The molecule has 0 saturated carbocycles. The minimum absolute atomic E-state index is 0.0104. The summed E-state index contributed by atoms with van der Waals surface area (Å²) < 4.78 is 33.6. The Morgan fingerprint density at radius 1 is 0.620 bits per heavy atom. The maximum Gasteiger partial charge on any atom is 0.233 e. The maximum atomic E-state index is 14.5. The van der Waals surface area contributed by atoms with Gasteiger partial charge in [-0.1, -0.05) is 36.4 Å². The second-order valence-corrected chi connectivity index (χ2v) is 12.1. The summed E-state index contributed by atoms with van der Waals surface area (Å²) >= 11 is 0. The summed E-state index contributed by atoms with van der Waals surface area (Å²) in [6.45, 7) is 1.61. The number of nitrogens with one attached hydrogen (secondary N) is 1. The van der Waals surface area contributed by atoms with Crippen molar-refractivity contribution in [3.8, 4) is 40.2 Å². The third kappa shape index (κ3) is 8.87. The molecule has 1 aliphatic rings. The summed E-state index contributed by atoms with van der Waals surface area (Å²) in [5.74, 6) is 3.53. The molecular formula is C40H46N2O8. The quantitative estimate of drug-likeness (QED) is 0.155. The van der Waals surface area contributed by atoms with Crippen molar-refractivity contribution in [2.75, 3.05) is 48.6 Å². The van der Waals surface area contributed by atoms with Gasteiger partial charge >= 0.3 is 0 Å². The highest BCUT2D eigenvalue weighted by molar-refractivity contribution is 5.97. The molecule has 0 aromatic heterocycles. The molecule has 0 spiro atoms. The van der Waals surface area contributed by atoms with E-state index in [1.807, 2.05) is 60.7 Å². The van der Waals surface area contributed by atoms with E-state index in [9.17, 15) is 9.59 Å². The molecule has 5 rings (SSSR count). The summed E-state index contributed by atoms with van der Waals surface area (Å²) in [6, 6.07) is 25.6. The maximum absolute atomic E-state index is 14.5. The molecule has 1 atom stereocenters. The third-order valence-electron chi connectivity index (χ3n) is 9.04. The monoisotopic (exact) mass is 682 g/mol. The van der Waals surface area contributed by atoms with E-state index in [0.29, 0.717) is 57.8 Å².